The Kier molecular flexibility index (Phi) is 3.33. The highest BCUT2D eigenvalue weighted by Crippen LogP contribution is 2.37. The first-order valence-electron chi connectivity index (χ1n) is 7.14. The molecule has 20 heavy (non-hydrogen) atoms. The number of aromatic nitrogens is 2. The molecule has 0 bridgehead atoms. The van der Waals surface area contributed by atoms with Crippen molar-refractivity contribution in [1.29, 1.82) is 0 Å². The Bertz CT molecular complexity index is 592. The Morgan fingerprint density at radius 2 is 2.15 bits per heavy atom. The van der Waals surface area contributed by atoms with E-state index in [1.165, 1.54) is 0 Å². The summed E-state index contributed by atoms with van der Waals surface area (Å²) in [7, 11) is 0. The molecule has 0 radical (unpaired) electrons. The molecule has 1 saturated carbocycles. The van der Waals surface area contributed by atoms with E-state index in [1.807, 2.05) is 0 Å². The third-order valence-electron chi connectivity index (χ3n) is 3.98. The Hall–Kier alpha value is -1.69. The van der Waals surface area contributed by atoms with Crippen LogP contribution in [0.4, 0.5) is 0 Å². The maximum absolute atomic E-state index is 12.4. The molecule has 2 fully saturated rings. The van der Waals surface area contributed by atoms with Crippen LogP contribution in [0, 0.1) is 6.92 Å². The number of hydrogen-bond acceptors (Lipinski definition) is 4. The van der Waals surface area contributed by atoms with Crippen LogP contribution in [0.2, 0.25) is 0 Å². The molecule has 6 heteroatoms. The van der Waals surface area contributed by atoms with Gasteiger partial charge < -0.3 is 15.0 Å². The largest absolute Gasteiger partial charge is 0.391 e. The van der Waals surface area contributed by atoms with Crippen molar-refractivity contribution in [1.82, 2.24) is 14.9 Å². The van der Waals surface area contributed by atoms with E-state index >= 15 is 0 Å². The fourth-order valence-electron chi connectivity index (χ4n) is 2.71. The predicted octanol–water partition coefficient (Wildman–Crippen LogP) is 0.553. The molecule has 2 aliphatic rings. The van der Waals surface area contributed by atoms with Crippen molar-refractivity contribution in [3.63, 3.8) is 0 Å². The van der Waals surface area contributed by atoms with Crippen LogP contribution >= 0.6 is 0 Å². The molecular formula is C14H19N3O3. The summed E-state index contributed by atoms with van der Waals surface area (Å²) in [5.74, 6) is 0.724. The number of aromatic amines is 1. The van der Waals surface area contributed by atoms with Crippen LogP contribution in [0.3, 0.4) is 0 Å². The van der Waals surface area contributed by atoms with E-state index in [0.717, 1.165) is 19.3 Å². The second kappa shape index (κ2) is 5.01. The number of hydrogen-bond donors (Lipinski definition) is 2. The molecule has 0 unspecified atom stereocenters. The summed E-state index contributed by atoms with van der Waals surface area (Å²) in [6.45, 7) is 2.58. The van der Waals surface area contributed by atoms with Gasteiger partial charge in [-0.1, -0.05) is 0 Å². The van der Waals surface area contributed by atoms with Gasteiger partial charge in [0.15, 0.2) is 0 Å². The van der Waals surface area contributed by atoms with Gasteiger partial charge in [-0.15, -0.1) is 0 Å². The van der Waals surface area contributed by atoms with Gasteiger partial charge in [-0.2, -0.15) is 0 Å². The molecule has 0 aromatic carbocycles. The number of β-amino-alcohol motifs (C(OH)–C–C–N with tert-alkyl or cyclic N) is 1. The molecule has 1 aliphatic carbocycles. The summed E-state index contributed by atoms with van der Waals surface area (Å²) in [4.78, 5) is 33.2. The molecule has 1 atom stereocenters. The number of nitrogens with zero attached hydrogens (tertiary/aromatic N) is 2. The predicted molar refractivity (Wildman–Crippen MR) is 72.7 cm³/mol. The number of aryl methyl sites for hydroxylation is 1. The third kappa shape index (κ3) is 2.47. The van der Waals surface area contributed by atoms with Crippen LogP contribution in [-0.2, 0) is 0 Å². The number of likely N-dealkylation sites (tertiary alicyclic amines) is 1. The van der Waals surface area contributed by atoms with E-state index in [9.17, 15) is 14.7 Å². The SMILES string of the molecule is Cc1nc(C2CC2)[nH]c(=O)c1C(=O)N1CCC[C@H](O)C1. The van der Waals surface area contributed by atoms with E-state index < -0.39 is 6.10 Å². The summed E-state index contributed by atoms with van der Waals surface area (Å²) in [6, 6.07) is 0. The summed E-state index contributed by atoms with van der Waals surface area (Å²) in [6.07, 6.45) is 3.07. The highest BCUT2D eigenvalue weighted by molar-refractivity contribution is 5.94. The molecule has 6 nitrogen and oxygen atoms in total. The molecule has 108 valence electrons. The number of carbonyl (C=O) groups is 1. The van der Waals surface area contributed by atoms with Gasteiger partial charge >= 0.3 is 0 Å². The number of H-pyrrole nitrogens is 1. The molecule has 2 N–H and O–H groups in total. The van der Waals surface area contributed by atoms with E-state index in [-0.39, 0.29) is 17.0 Å². The van der Waals surface area contributed by atoms with Crippen molar-refractivity contribution in [2.75, 3.05) is 13.1 Å². The minimum Gasteiger partial charge on any atom is -0.391 e. The lowest BCUT2D eigenvalue weighted by atomic mass is 10.1. The number of carbonyl (C=O) groups excluding carboxylic acids is 1. The molecule has 2 heterocycles. The lowest BCUT2D eigenvalue weighted by molar-refractivity contribution is 0.0471. The maximum atomic E-state index is 12.4. The van der Waals surface area contributed by atoms with Gasteiger partial charge in [0.25, 0.3) is 11.5 Å². The number of amides is 1. The van der Waals surface area contributed by atoms with E-state index in [1.54, 1.807) is 11.8 Å². The number of aliphatic hydroxyl groups excluding tert-OH is 1. The topological polar surface area (TPSA) is 86.3 Å². The van der Waals surface area contributed by atoms with Crippen molar-refractivity contribution in [2.45, 2.75) is 44.6 Å². The second-order valence-corrected chi connectivity index (χ2v) is 5.73. The van der Waals surface area contributed by atoms with Crippen LogP contribution in [-0.4, -0.2) is 45.1 Å². The highest BCUT2D eigenvalue weighted by Gasteiger charge is 2.30. The van der Waals surface area contributed by atoms with E-state index in [0.29, 0.717) is 36.9 Å². The van der Waals surface area contributed by atoms with E-state index in [4.69, 9.17) is 0 Å². The fraction of sp³-hybridized carbons (Fsp3) is 0.643. The lowest BCUT2D eigenvalue weighted by Crippen LogP contribution is -2.44. The molecule has 1 amide bonds. The Morgan fingerprint density at radius 1 is 1.40 bits per heavy atom. The van der Waals surface area contributed by atoms with Crippen LogP contribution < -0.4 is 5.56 Å². The first-order chi connectivity index (χ1) is 9.56. The van der Waals surface area contributed by atoms with Crippen LogP contribution in [0.15, 0.2) is 4.79 Å². The summed E-state index contributed by atoms with van der Waals surface area (Å²) < 4.78 is 0. The Morgan fingerprint density at radius 3 is 2.75 bits per heavy atom. The molecule has 1 aromatic heterocycles. The van der Waals surface area contributed by atoms with Gasteiger partial charge in [-0.25, -0.2) is 4.98 Å². The number of rotatable bonds is 2. The first-order valence-corrected chi connectivity index (χ1v) is 7.14. The smallest absolute Gasteiger partial charge is 0.264 e. The van der Waals surface area contributed by atoms with Gasteiger partial charge in [0.1, 0.15) is 11.4 Å². The minimum atomic E-state index is -0.495. The highest BCUT2D eigenvalue weighted by atomic mass is 16.3. The quantitative estimate of drug-likeness (QED) is 0.826. The zero-order valence-corrected chi connectivity index (χ0v) is 11.6. The normalized spacial score (nSPS) is 22.9. The zero-order valence-electron chi connectivity index (χ0n) is 11.6. The van der Waals surface area contributed by atoms with Gasteiger partial charge in [0.2, 0.25) is 0 Å². The van der Waals surface area contributed by atoms with Gasteiger partial charge in [-0.05, 0) is 32.6 Å². The van der Waals surface area contributed by atoms with Crippen molar-refractivity contribution in [2.24, 2.45) is 0 Å². The second-order valence-electron chi connectivity index (χ2n) is 5.73. The van der Waals surface area contributed by atoms with Gasteiger partial charge in [0.05, 0.1) is 11.8 Å². The summed E-state index contributed by atoms with van der Waals surface area (Å²) >= 11 is 0. The molecule has 0 spiro atoms. The van der Waals surface area contributed by atoms with Crippen molar-refractivity contribution in [3.05, 3.63) is 27.4 Å². The number of aliphatic hydroxyl groups is 1. The molecule has 3 rings (SSSR count). The van der Waals surface area contributed by atoms with Gasteiger partial charge in [0, 0.05) is 19.0 Å². The molecule has 1 saturated heterocycles. The first kappa shape index (κ1) is 13.3. The van der Waals surface area contributed by atoms with Crippen molar-refractivity contribution in [3.8, 4) is 0 Å². The molecular weight excluding hydrogens is 258 g/mol. The monoisotopic (exact) mass is 277 g/mol. The van der Waals surface area contributed by atoms with E-state index in [2.05, 4.69) is 9.97 Å². The standard InChI is InChI=1S/C14H19N3O3/c1-8-11(13(19)16-12(15-8)9-4-5-9)14(20)17-6-2-3-10(18)7-17/h9-10,18H,2-7H2,1H3,(H,15,16,19)/t10-/m0/s1. The molecule has 1 aromatic rings. The minimum absolute atomic E-state index is 0.114. The average molecular weight is 277 g/mol. The number of nitrogens with one attached hydrogen (secondary N) is 1. The Balaban J connectivity index is 1.89. The van der Waals surface area contributed by atoms with Crippen LogP contribution in [0.1, 0.15) is 53.5 Å². The maximum Gasteiger partial charge on any atom is 0.264 e. The number of piperidine rings is 1. The van der Waals surface area contributed by atoms with Gasteiger partial charge in [-0.3, -0.25) is 9.59 Å². The average Bonchev–Trinajstić information content (AvgIpc) is 3.21. The summed E-state index contributed by atoms with van der Waals surface area (Å²) in [5.41, 5.74) is 0.244. The van der Waals surface area contributed by atoms with Crippen molar-refractivity contribution >= 4 is 5.91 Å². The zero-order chi connectivity index (χ0) is 14.3. The fourth-order valence-corrected chi connectivity index (χ4v) is 2.71. The van der Waals surface area contributed by atoms with Crippen molar-refractivity contribution < 1.29 is 9.90 Å². The lowest BCUT2D eigenvalue weighted by Gasteiger charge is -2.30. The third-order valence-corrected chi connectivity index (χ3v) is 3.98. The van der Waals surface area contributed by atoms with Crippen LogP contribution in [0.5, 0.6) is 0 Å². The summed E-state index contributed by atoms with van der Waals surface area (Å²) in [5, 5.41) is 9.64. The van der Waals surface area contributed by atoms with Crippen LogP contribution in [0.25, 0.3) is 0 Å². The Labute approximate surface area is 116 Å². The molecule has 1 aliphatic heterocycles.